The van der Waals surface area contributed by atoms with Crippen LogP contribution in [-0.4, -0.2) is 19.9 Å². The Kier molecular flexibility index (Phi) is 4.11. The molecule has 1 heterocycles. The van der Waals surface area contributed by atoms with Crippen molar-refractivity contribution in [2.45, 2.75) is 18.6 Å². The van der Waals surface area contributed by atoms with Crippen LogP contribution in [0.15, 0.2) is 55.1 Å². The number of aromatic nitrogens is 3. The number of hydrogen-bond donors (Lipinski definition) is 1. The van der Waals surface area contributed by atoms with Crippen molar-refractivity contribution in [2.24, 2.45) is 0 Å². The Hall–Kier alpha value is -2.67. The lowest BCUT2D eigenvalue weighted by atomic mass is 9.84. The number of hydrogen-bond acceptors (Lipinski definition) is 3. The summed E-state index contributed by atoms with van der Waals surface area (Å²) in [6.45, 7) is 1.53. The predicted molar refractivity (Wildman–Crippen MR) is 80.5 cm³/mol. The average molecular weight is 333 g/mol. The van der Waals surface area contributed by atoms with E-state index in [-0.39, 0.29) is 11.1 Å². The molecule has 0 unspecified atom stereocenters. The average Bonchev–Trinajstić information content (AvgIpc) is 3.09. The van der Waals surface area contributed by atoms with Gasteiger partial charge in [-0.3, -0.25) is 0 Å². The molecule has 3 rings (SSSR count). The first kappa shape index (κ1) is 16.2. The molecule has 2 aromatic carbocycles. The molecule has 0 bridgehead atoms. The summed E-state index contributed by atoms with van der Waals surface area (Å²) in [7, 11) is 0. The fourth-order valence-corrected chi connectivity index (χ4v) is 2.77. The third-order valence-electron chi connectivity index (χ3n) is 4.07. The van der Waals surface area contributed by atoms with Crippen LogP contribution in [-0.2, 0) is 5.72 Å². The van der Waals surface area contributed by atoms with Crippen molar-refractivity contribution in [3.8, 4) is 0 Å². The minimum Gasteiger partial charge on any atom is -0.365 e. The van der Waals surface area contributed by atoms with Gasteiger partial charge in [-0.2, -0.15) is 5.10 Å². The summed E-state index contributed by atoms with van der Waals surface area (Å²) in [6, 6.07) is 8.65. The Balaban J connectivity index is 2.22. The molecule has 0 radical (unpaired) electrons. The summed E-state index contributed by atoms with van der Waals surface area (Å²) in [5.41, 5.74) is -2.15. The number of nitrogens with zero attached hydrogens (tertiary/aromatic N) is 3. The van der Waals surface area contributed by atoms with Crippen LogP contribution in [0.25, 0.3) is 0 Å². The van der Waals surface area contributed by atoms with Gasteiger partial charge in [-0.1, -0.05) is 25.1 Å². The van der Waals surface area contributed by atoms with Crippen molar-refractivity contribution in [1.29, 1.82) is 0 Å². The topological polar surface area (TPSA) is 50.9 Å². The maximum atomic E-state index is 14.4. The second kappa shape index (κ2) is 6.09. The maximum Gasteiger partial charge on any atom is 0.195 e. The summed E-state index contributed by atoms with van der Waals surface area (Å²) in [5, 5.41) is 15.2. The van der Waals surface area contributed by atoms with Crippen LogP contribution in [0, 0.1) is 17.5 Å². The monoisotopic (exact) mass is 333 g/mol. The van der Waals surface area contributed by atoms with E-state index < -0.39 is 29.1 Å². The second-order valence-electron chi connectivity index (χ2n) is 5.43. The van der Waals surface area contributed by atoms with Crippen LogP contribution in [0.4, 0.5) is 13.2 Å². The SMILES string of the molecule is C[C@@H](c1ccccc1F)[C@@](O)(c1ccc(F)cc1F)n1cncn1. The molecule has 3 aromatic rings. The summed E-state index contributed by atoms with van der Waals surface area (Å²) < 4.78 is 42.8. The zero-order chi connectivity index (χ0) is 17.3. The van der Waals surface area contributed by atoms with Gasteiger partial charge in [0.2, 0.25) is 0 Å². The van der Waals surface area contributed by atoms with Gasteiger partial charge in [-0.05, 0) is 23.8 Å². The second-order valence-corrected chi connectivity index (χ2v) is 5.43. The Morgan fingerprint density at radius 2 is 1.83 bits per heavy atom. The van der Waals surface area contributed by atoms with Gasteiger partial charge in [0.1, 0.15) is 30.1 Å². The molecule has 0 saturated carbocycles. The van der Waals surface area contributed by atoms with Crippen LogP contribution < -0.4 is 0 Å². The highest BCUT2D eigenvalue weighted by Crippen LogP contribution is 2.39. The highest BCUT2D eigenvalue weighted by Gasteiger charge is 2.42. The molecule has 24 heavy (non-hydrogen) atoms. The van der Waals surface area contributed by atoms with Gasteiger partial charge in [0, 0.05) is 17.5 Å². The first-order valence-corrected chi connectivity index (χ1v) is 7.22. The molecule has 1 aromatic heterocycles. The Labute approximate surface area is 136 Å². The van der Waals surface area contributed by atoms with E-state index in [2.05, 4.69) is 10.1 Å². The van der Waals surface area contributed by atoms with E-state index in [0.717, 1.165) is 16.8 Å². The van der Waals surface area contributed by atoms with E-state index >= 15 is 0 Å². The lowest BCUT2D eigenvalue weighted by molar-refractivity contribution is -0.0333. The zero-order valence-electron chi connectivity index (χ0n) is 12.7. The van der Waals surface area contributed by atoms with Crippen molar-refractivity contribution in [2.75, 3.05) is 0 Å². The van der Waals surface area contributed by atoms with Gasteiger partial charge in [-0.15, -0.1) is 0 Å². The van der Waals surface area contributed by atoms with Crippen LogP contribution in [0.5, 0.6) is 0 Å². The molecule has 4 nitrogen and oxygen atoms in total. The van der Waals surface area contributed by atoms with Gasteiger partial charge >= 0.3 is 0 Å². The number of benzene rings is 2. The van der Waals surface area contributed by atoms with Crippen LogP contribution >= 0.6 is 0 Å². The highest BCUT2D eigenvalue weighted by atomic mass is 19.1. The van der Waals surface area contributed by atoms with E-state index in [0.29, 0.717) is 6.07 Å². The van der Waals surface area contributed by atoms with E-state index in [1.54, 1.807) is 6.07 Å². The van der Waals surface area contributed by atoms with Crippen molar-refractivity contribution in [3.05, 3.63) is 83.7 Å². The smallest absolute Gasteiger partial charge is 0.195 e. The molecular formula is C17H14F3N3O. The largest absolute Gasteiger partial charge is 0.365 e. The van der Waals surface area contributed by atoms with Gasteiger partial charge in [0.05, 0.1) is 0 Å². The lowest BCUT2D eigenvalue weighted by Crippen LogP contribution is -2.41. The molecule has 0 spiro atoms. The van der Waals surface area contributed by atoms with Gasteiger partial charge in [0.25, 0.3) is 0 Å². The number of aliphatic hydroxyl groups is 1. The van der Waals surface area contributed by atoms with E-state index in [4.69, 9.17) is 0 Å². The standard InChI is InChI=1S/C17H14F3N3O/c1-11(13-4-2-3-5-15(13)19)17(24,23-10-21-9-22-23)14-7-6-12(18)8-16(14)20/h2-11,24H,1H3/t11-,17+/m0/s1. The van der Waals surface area contributed by atoms with E-state index in [9.17, 15) is 18.3 Å². The first-order valence-electron chi connectivity index (χ1n) is 7.22. The summed E-state index contributed by atoms with van der Waals surface area (Å²) >= 11 is 0. The minimum atomic E-state index is -2.09. The number of rotatable bonds is 4. The van der Waals surface area contributed by atoms with Crippen LogP contribution in [0.2, 0.25) is 0 Å². The molecule has 0 fully saturated rings. The normalized spacial score (nSPS) is 15.0. The fraction of sp³-hybridized carbons (Fsp3) is 0.176. The fourth-order valence-electron chi connectivity index (χ4n) is 2.77. The lowest BCUT2D eigenvalue weighted by Gasteiger charge is -2.35. The molecule has 2 atom stereocenters. The highest BCUT2D eigenvalue weighted by molar-refractivity contribution is 5.32. The molecule has 7 heteroatoms. The van der Waals surface area contributed by atoms with Crippen molar-refractivity contribution in [3.63, 3.8) is 0 Å². The Morgan fingerprint density at radius 1 is 1.08 bits per heavy atom. The molecule has 0 aliphatic heterocycles. The summed E-state index contributed by atoms with van der Waals surface area (Å²) in [5.74, 6) is -3.22. The predicted octanol–water partition coefficient (Wildman–Crippen LogP) is 3.19. The van der Waals surface area contributed by atoms with Gasteiger partial charge in [-0.25, -0.2) is 22.8 Å². The zero-order valence-corrected chi connectivity index (χ0v) is 12.7. The van der Waals surface area contributed by atoms with E-state index in [1.165, 1.54) is 37.8 Å². The van der Waals surface area contributed by atoms with Crippen molar-refractivity contribution >= 4 is 0 Å². The molecule has 0 amide bonds. The van der Waals surface area contributed by atoms with Crippen molar-refractivity contribution < 1.29 is 18.3 Å². The van der Waals surface area contributed by atoms with Crippen molar-refractivity contribution in [1.82, 2.24) is 14.8 Å². The Bertz CT molecular complexity index is 854. The molecule has 124 valence electrons. The molecule has 1 N–H and O–H groups in total. The van der Waals surface area contributed by atoms with Gasteiger partial charge < -0.3 is 5.11 Å². The van der Waals surface area contributed by atoms with E-state index in [1.807, 2.05) is 0 Å². The number of halogens is 3. The quantitative estimate of drug-likeness (QED) is 0.798. The maximum absolute atomic E-state index is 14.4. The summed E-state index contributed by atoms with van der Waals surface area (Å²) in [6.07, 6.45) is 2.36. The molecule has 0 aliphatic rings. The minimum absolute atomic E-state index is 0.166. The molecule has 0 aliphatic carbocycles. The third kappa shape index (κ3) is 2.56. The van der Waals surface area contributed by atoms with Crippen LogP contribution in [0.3, 0.4) is 0 Å². The van der Waals surface area contributed by atoms with Crippen LogP contribution in [0.1, 0.15) is 24.0 Å². The first-order chi connectivity index (χ1) is 11.4. The Morgan fingerprint density at radius 3 is 2.46 bits per heavy atom. The van der Waals surface area contributed by atoms with Gasteiger partial charge in [0.15, 0.2) is 5.72 Å². The molecule has 0 saturated heterocycles. The summed E-state index contributed by atoms with van der Waals surface area (Å²) in [4.78, 5) is 3.76. The third-order valence-corrected chi connectivity index (χ3v) is 4.07. The molecular weight excluding hydrogens is 319 g/mol.